The Morgan fingerprint density at radius 3 is 3.21 bits per heavy atom. The van der Waals surface area contributed by atoms with Crippen molar-refractivity contribution in [2.75, 3.05) is 6.61 Å². The summed E-state index contributed by atoms with van der Waals surface area (Å²) in [6.07, 6.45) is 1.40. The lowest BCUT2D eigenvalue weighted by atomic mass is 10.3. The van der Waals surface area contributed by atoms with Gasteiger partial charge in [0.1, 0.15) is 6.33 Å². The van der Waals surface area contributed by atoms with Crippen molar-refractivity contribution in [2.45, 2.75) is 6.92 Å². The van der Waals surface area contributed by atoms with Crippen LogP contribution in [0, 0.1) is 0 Å². The van der Waals surface area contributed by atoms with Gasteiger partial charge in [-0.05, 0) is 19.1 Å². The van der Waals surface area contributed by atoms with Gasteiger partial charge in [-0.3, -0.25) is 0 Å². The fourth-order valence-electron chi connectivity index (χ4n) is 1.21. The third-order valence-electron chi connectivity index (χ3n) is 1.79. The number of hydrogen-bond donors (Lipinski definition) is 0. The van der Waals surface area contributed by atoms with Crippen LogP contribution in [0.1, 0.15) is 17.4 Å². The molecule has 0 N–H and O–H groups in total. The molecule has 0 saturated carbocycles. The highest BCUT2D eigenvalue weighted by Gasteiger charge is 2.11. The van der Waals surface area contributed by atoms with Gasteiger partial charge in [-0.1, -0.05) is 6.07 Å². The molecular weight excluding hydrogens is 182 g/mol. The average molecular weight is 191 g/mol. The van der Waals surface area contributed by atoms with Gasteiger partial charge >= 0.3 is 5.97 Å². The molecule has 0 aliphatic heterocycles. The van der Waals surface area contributed by atoms with Crippen molar-refractivity contribution in [3.63, 3.8) is 0 Å². The number of pyridine rings is 1. The summed E-state index contributed by atoms with van der Waals surface area (Å²) in [7, 11) is 0. The van der Waals surface area contributed by atoms with Crippen molar-refractivity contribution in [1.82, 2.24) is 14.6 Å². The Kier molecular flexibility index (Phi) is 2.14. The first-order valence-corrected chi connectivity index (χ1v) is 4.29. The lowest BCUT2D eigenvalue weighted by Gasteiger charge is -2.02. The van der Waals surface area contributed by atoms with Gasteiger partial charge in [0.2, 0.25) is 0 Å². The van der Waals surface area contributed by atoms with Crippen LogP contribution < -0.4 is 0 Å². The van der Waals surface area contributed by atoms with Gasteiger partial charge in [-0.25, -0.2) is 14.3 Å². The van der Waals surface area contributed by atoms with E-state index in [1.807, 2.05) is 0 Å². The molecule has 2 aromatic rings. The summed E-state index contributed by atoms with van der Waals surface area (Å²) in [5, 5.41) is 3.93. The van der Waals surface area contributed by atoms with Crippen LogP contribution in [0.4, 0.5) is 0 Å². The van der Waals surface area contributed by atoms with Crippen LogP contribution in [0.15, 0.2) is 24.5 Å². The second-order valence-electron chi connectivity index (χ2n) is 2.66. The first-order valence-electron chi connectivity index (χ1n) is 4.29. The molecule has 0 aromatic carbocycles. The molecule has 5 heteroatoms. The number of carbonyl (C=O) groups excluding carboxylic acids is 1. The topological polar surface area (TPSA) is 56.5 Å². The van der Waals surface area contributed by atoms with Gasteiger partial charge in [0.05, 0.1) is 6.61 Å². The van der Waals surface area contributed by atoms with Gasteiger partial charge in [0, 0.05) is 0 Å². The van der Waals surface area contributed by atoms with Crippen LogP contribution in [-0.4, -0.2) is 27.2 Å². The molecule has 0 amide bonds. The summed E-state index contributed by atoms with van der Waals surface area (Å²) >= 11 is 0. The van der Waals surface area contributed by atoms with E-state index in [1.165, 1.54) is 10.8 Å². The molecule has 0 radical (unpaired) electrons. The number of fused-ring (bicyclic) bond motifs is 1. The molecule has 0 atom stereocenters. The lowest BCUT2D eigenvalue weighted by Crippen LogP contribution is -2.10. The van der Waals surface area contributed by atoms with Gasteiger partial charge in [0.15, 0.2) is 11.3 Å². The van der Waals surface area contributed by atoms with E-state index in [4.69, 9.17) is 4.74 Å². The number of rotatable bonds is 2. The van der Waals surface area contributed by atoms with E-state index < -0.39 is 0 Å². The molecule has 0 spiro atoms. The van der Waals surface area contributed by atoms with Crippen molar-refractivity contribution < 1.29 is 9.53 Å². The van der Waals surface area contributed by atoms with Crippen molar-refractivity contribution in [1.29, 1.82) is 0 Å². The molecule has 72 valence electrons. The predicted molar refractivity (Wildman–Crippen MR) is 48.9 cm³/mol. The second kappa shape index (κ2) is 3.45. The minimum Gasteiger partial charge on any atom is -0.461 e. The maximum atomic E-state index is 11.4. The summed E-state index contributed by atoms with van der Waals surface area (Å²) < 4.78 is 6.33. The molecular formula is C9H9N3O2. The minimum absolute atomic E-state index is 0.351. The van der Waals surface area contributed by atoms with Gasteiger partial charge in [-0.15, -0.1) is 0 Å². The summed E-state index contributed by atoms with van der Waals surface area (Å²) in [4.78, 5) is 15.4. The number of nitrogens with zero attached hydrogens (tertiary/aromatic N) is 3. The third kappa shape index (κ3) is 1.32. The minimum atomic E-state index is -0.386. The molecule has 2 aromatic heterocycles. The Bertz CT molecular complexity index is 464. The Morgan fingerprint density at radius 2 is 2.43 bits per heavy atom. The predicted octanol–water partition coefficient (Wildman–Crippen LogP) is 0.906. The zero-order valence-electron chi connectivity index (χ0n) is 7.67. The normalized spacial score (nSPS) is 10.4. The van der Waals surface area contributed by atoms with Crippen LogP contribution in [0.3, 0.4) is 0 Å². The van der Waals surface area contributed by atoms with E-state index in [1.54, 1.807) is 25.1 Å². The molecule has 0 unspecified atom stereocenters. The molecule has 0 saturated heterocycles. The third-order valence-corrected chi connectivity index (χ3v) is 1.79. The van der Waals surface area contributed by atoms with Crippen LogP contribution >= 0.6 is 0 Å². The molecule has 0 aliphatic rings. The summed E-state index contributed by atoms with van der Waals surface area (Å²) in [5.74, 6) is -0.386. The Balaban J connectivity index is 2.50. The van der Waals surface area contributed by atoms with E-state index in [9.17, 15) is 4.79 Å². The summed E-state index contributed by atoms with van der Waals surface area (Å²) in [6, 6.07) is 5.17. The Morgan fingerprint density at radius 1 is 1.57 bits per heavy atom. The van der Waals surface area contributed by atoms with Crippen molar-refractivity contribution in [3.8, 4) is 0 Å². The smallest absolute Gasteiger partial charge is 0.357 e. The highest BCUT2D eigenvalue weighted by Crippen LogP contribution is 2.04. The van der Waals surface area contributed by atoms with Gasteiger partial charge in [0.25, 0.3) is 0 Å². The van der Waals surface area contributed by atoms with E-state index in [0.29, 0.717) is 17.9 Å². The molecule has 5 nitrogen and oxygen atoms in total. The molecule has 2 heterocycles. The van der Waals surface area contributed by atoms with Crippen molar-refractivity contribution >= 4 is 11.6 Å². The molecule has 2 rings (SSSR count). The monoisotopic (exact) mass is 191 g/mol. The quantitative estimate of drug-likeness (QED) is 0.662. The standard InChI is InChI=1S/C9H9N3O2/c1-2-14-9(13)7-4-3-5-8-10-6-11-12(7)8/h3-6H,2H2,1H3. The fraction of sp³-hybridized carbons (Fsp3) is 0.222. The molecule has 0 fully saturated rings. The van der Waals surface area contributed by atoms with Crippen LogP contribution in [-0.2, 0) is 4.74 Å². The first kappa shape index (κ1) is 8.68. The number of esters is 1. The maximum absolute atomic E-state index is 11.4. The lowest BCUT2D eigenvalue weighted by molar-refractivity contribution is 0.0516. The number of carbonyl (C=O) groups is 1. The Labute approximate surface area is 80.3 Å². The highest BCUT2D eigenvalue weighted by molar-refractivity contribution is 5.88. The average Bonchev–Trinajstić information content (AvgIpc) is 2.65. The SMILES string of the molecule is CCOC(=O)c1cccc2ncnn12. The number of hydrogen-bond acceptors (Lipinski definition) is 4. The summed E-state index contributed by atoms with van der Waals surface area (Å²) in [6.45, 7) is 2.11. The number of aromatic nitrogens is 3. The van der Waals surface area contributed by atoms with E-state index in [2.05, 4.69) is 10.1 Å². The molecule has 14 heavy (non-hydrogen) atoms. The van der Waals surface area contributed by atoms with Gasteiger partial charge < -0.3 is 4.74 Å². The van der Waals surface area contributed by atoms with Crippen LogP contribution in [0.5, 0.6) is 0 Å². The van der Waals surface area contributed by atoms with E-state index >= 15 is 0 Å². The zero-order valence-corrected chi connectivity index (χ0v) is 7.67. The van der Waals surface area contributed by atoms with Crippen molar-refractivity contribution in [2.24, 2.45) is 0 Å². The van der Waals surface area contributed by atoms with E-state index in [0.717, 1.165) is 0 Å². The van der Waals surface area contributed by atoms with Crippen molar-refractivity contribution in [3.05, 3.63) is 30.2 Å². The van der Waals surface area contributed by atoms with Crippen LogP contribution in [0.2, 0.25) is 0 Å². The maximum Gasteiger partial charge on any atom is 0.357 e. The fourth-order valence-corrected chi connectivity index (χ4v) is 1.21. The Hall–Kier alpha value is -1.91. The van der Waals surface area contributed by atoms with Crippen LogP contribution in [0.25, 0.3) is 5.65 Å². The first-order chi connectivity index (χ1) is 6.83. The highest BCUT2D eigenvalue weighted by atomic mass is 16.5. The van der Waals surface area contributed by atoms with Gasteiger partial charge in [-0.2, -0.15) is 5.10 Å². The molecule has 0 bridgehead atoms. The second-order valence-corrected chi connectivity index (χ2v) is 2.66. The zero-order chi connectivity index (χ0) is 9.97. The largest absolute Gasteiger partial charge is 0.461 e. The summed E-state index contributed by atoms with van der Waals surface area (Å²) in [5.41, 5.74) is 1.03. The number of ether oxygens (including phenoxy) is 1. The molecule has 0 aliphatic carbocycles. The van der Waals surface area contributed by atoms with E-state index in [-0.39, 0.29) is 5.97 Å².